The molecule has 0 bridgehead atoms. The molecule has 1 N–H and O–H groups in total. The predicted octanol–water partition coefficient (Wildman–Crippen LogP) is 7.25. The van der Waals surface area contributed by atoms with E-state index in [2.05, 4.69) is 84.2 Å². The van der Waals surface area contributed by atoms with Gasteiger partial charge < -0.3 is 5.32 Å². The third-order valence-electron chi connectivity index (χ3n) is 5.14. The maximum atomic E-state index is 6.30. The van der Waals surface area contributed by atoms with Crippen molar-refractivity contribution in [2.45, 2.75) is 12.8 Å². The van der Waals surface area contributed by atoms with Crippen LogP contribution in [0.2, 0.25) is 0 Å². The molecule has 0 saturated carbocycles. The zero-order valence-corrected chi connectivity index (χ0v) is 18.1. The molecule has 0 atom stereocenters. The summed E-state index contributed by atoms with van der Waals surface area (Å²) in [5, 5.41) is 3.48. The third-order valence-corrected chi connectivity index (χ3v) is 5.40. The molecule has 0 spiro atoms. The van der Waals surface area contributed by atoms with Crippen LogP contribution in [-0.2, 0) is 12.8 Å². The van der Waals surface area contributed by atoms with Crippen molar-refractivity contribution in [3.05, 3.63) is 131 Å². The standard InChI is InChI=1S/C28H25ClN2/c29-21-28(30-26-17-9-7-15-24(26)19-22-11-3-1-4-12-22)31-27-18-10-8-16-25(27)20-23-13-5-2-6-14-23/h1-18H,19-21H2,(H,30,31). The highest BCUT2D eigenvalue weighted by molar-refractivity contribution is 6.30. The summed E-state index contributed by atoms with van der Waals surface area (Å²) in [5.41, 5.74) is 6.90. The molecule has 0 heterocycles. The van der Waals surface area contributed by atoms with E-state index in [0.29, 0.717) is 5.88 Å². The van der Waals surface area contributed by atoms with Crippen molar-refractivity contribution >= 4 is 28.8 Å². The van der Waals surface area contributed by atoms with Gasteiger partial charge in [0.1, 0.15) is 5.84 Å². The van der Waals surface area contributed by atoms with Crippen LogP contribution in [0.5, 0.6) is 0 Å². The van der Waals surface area contributed by atoms with Gasteiger partial charge in [0, 0.05) is 5.69 Å². The lowest BCUT2D eigenvalue weighted by atomic mass is 10.0. The number of halogens is 1. The van der Waals surface area contributed by atoms with Crippen LogP contribution in [-0.4, -0.2) is 11.7 Å². The van der Waals surface area contributed by atoms with Crippen LogP contribution >= 0.6 is 11.6 Å². The van der Waals surface area contributed by atoms with Gasteiger partial charge in [-0.3, -0.25) is 0 Å². The van der Waals surface area contributed by atoms with Crippen LogP contribution < -0.4 is 5.32 Å². The predicted molar refractivity (Wildman–Crippen MR) is 133 cm³/mol. The van der Waals surface area contributed by atoms with E-state index < -0.39 is 0 Å². The van der Waals surface area contributed by atoms with E-state index in [9.17, 15) is 0 Å². The summed E-state index contributed by atoms with van der Waals surface area (Å²) < 4.78 is 0. The first-order chi connectivity index (χ1) is 15.3. The molecular weight excluding hydrogens is 400 g/mol. The average molecular weight is 425 g/mol. The number of hydrogen-bond donors (Lipinski definition) is 1. The smallest absolute Gasteiger partial charge is 0.122 e. The highest BCUT2D eigenvalue weighted by atomic mass is 35.5. The molecule has 0 unspecified atom stereocenters. The van der Waals surface area contributed by atoms with E-state index in [0.717, 1.165) is 30.1 Å². The fourth-order valence-corrected chi connectivity index (χ4v) is 3.72. The van der Waals surface area contributed by atoms with E-state index >= 15 is 0 Å². The molecule has 3 heteroatoms. The second-order valence-corrected chi connectivity index (χ2v) is 7.69. The Morgan fingerprint density at radius 3 is 1.77 bits per heavy atom. The number of nitrogens with one attached hydrogen (secondary N) is 1. The van der Waals surface area contributed by atoms with Crippen LogP contribution in [0, 0.1) is 0 Å². The van der Waals surface area contributed by atoms with Gasteiger partial charge >= 0.3 is 0 Å². The van der Waals surface area contributed by atoms with E-state index in [4.69, 9.17) is 16.6 Å². The summed E-state index contributed by atoms with van der Waals surface area (Å²) in [5.74, 6) is 1.04. The largest absolute Gasteiger partial charge is 0.342 e. The molecule has 0 radical (unpaired) electrons. The van der Waals surface area contributed by atoms with Crippen molar-refractivity contribution in [3.63, 3.8) is 0 Å². The fourth-order valence-electron chi connectivity index (χ4n) is 3.59. The molecule has 0 amide bonds. The first kappa shape index (κ1) is 20.9. The lowest BCUT2D eigenvalue weighted by molar-refractivity contribution is 1.18. The maximum Gasteiger partial charge on any atom is 0.122 e. The summed E-state index contributed by atoms with van der Waals surface area (Å²) in [7, 11) is 0. The number of para-hydroxylation sites is 2. The first-order valence-corrected chi connectivity index (χ1v) is 11.0. The lowest BCUT2D eigenvalue weighted by Crippen LogP contribution is -2.15. The fraction of sp³-hybridized carbons (Fsp3) is 0.107. The summed E-state index contributed by atoms with van der Waals surface area (Å²) in [6.07, 6.45) is 1.69. The number of alkyl halides is 1. The molecule has 0 fully saturated rings. The zero-order chi connectivity index (χ0) is 21.3. The summed E-state index contributed by atoms with van der Waals surface area (Å²) >= 11 is 6.30. The average Bonchev–Trinajstić information content (AvgIpc) is 2.82. The first-order valence-electron chi connectivity index (χ1n) is 10.5. The highest BCUT2D eigenvalue weighted by Gasteiger charge is 2.08. The van der Waals surface area contributed by atoms with Gasteiger partial charge in [0.05, 0.1) is 11.6 Å². The zero-order valence-electron chi connectivity index (χ0n) is 17.3. The Labute approximate surface area is 189 Å². The monoisotopic (exact) mass is 424 g/mol. The molecule has 2 nitrogen and oxygen atoms in total. The molecule has 31 heavy (non-hydrogen) atoms. The van der Waals surface area contributed by atoms with Crippen molar-refractivity contribution < 1.29 is 0 Å². The second-order valence-electron chi connectivity index (χ2n) is 7.43. The Balaban J connectivity index is 1.58. The SMILES string of the molecule is ClCC(=Nc1ccccc1Cc1ccccc1)Nc1ccccc1Cc1ccccc1. The number of amidine groups is 1. The molecular formula is C28H25ClN2. The quantitative estimate of drug-likeness (QED) is 0.188. The summed E-state index contributed by atoms with van der Waals surface area (Å²) in [6.45, 7) is 0. The van der Waals surface area contributed by atoms with Crippen molar-refractivity contribution in [1.82, 2.24) is 0 Å². The van der Waals surface area contributed by atoms with Crippen LogP contribution in [0.25, 0.3) is 0 Å². The summed E-state index contributed by atoms with van der Waals surface area (Å²) in [6, 6.07) is 37.5. The Morgan fingerprint density at radius 2 is 1.13 bits per heavy atom. The summed E-state index contributed by atoms with van der Waals surface area (Å²) in [4.78, 5) is 4.89. The van der Waals surface area contributed by atoms with Crippen LogP contribution in [0.15, 0.2) is 114 Å². The van der Waals surface area contributed by atoms with E-state index in [1.165, 1.54) is 22.3 Å². The van der Waals surface area contributed by atoms with Crippen molar-refractivity contribution in [2.24, 2.45) is 4.99 Å². The van der Waals surface area contributed by atoms with Gasteiger partial charge in [0.25, 0.3) is 0 Å². The van der Waals surface area contributed by atoms with Gasteiger partial charge in [0.2, 0.25) is 0 Å². The molecule has 0 aliphatic heterocycles. The maximum absolute atomic E-state index is 6.30. The van der Waals surface area contributed by atoms with Crippen LogP contribution in [0.4, 0.5) is 11.4 Å². The third kappa shape index (κ3) is 5.84. The lowest BCUT2D eigenvalue weighted by Gasteiger charge is -2.14. The number of nitrogens with zero attached hydrogens (tertiary/aromatic N) is 1. The molecule has 4 rings (SSSR count). The number of rotatable bonds is 7. The van der Waals surface area contributed by atoms with Crippen molar-refractivity contribution in [3.8, 4) is 0 Å². The minimum atomic E-state index is 0.305. The minimum absolute atomic E-state index is 0.305. The highest BCUT2D eigenvalue weighted by Crippen LogP contribution is 2.24. The Bertz CT molecular complexity index is 1140. The van der Waals surface area contributed by atoms with Gasteiger partial charge in [-0.25, -0.2) is 4.99 Å². The van der Waals surface area contributed by atoms with Crippen molar-refractivity contribution in [2.75, 3.05) is 11.2 Å². The number of hydrogen-bond acceptors (Lipinski definition) is 1. The molecule has 4 aromatic rings. The number of anilines is 1. The molecule has 0 aromatic heterocycles. The minimum Gasteiger partial charge on any atom is -0.342 e. The van der Waals surface area contributed by atoms with E-state index in [1.807, 2.05) is 30.3 Å². The Hall–Kier alpha value is -3.36. The van der Waals surface area contributed by atoms with Gasteiger partial charge in [-0.15, -0.1) is 11.6 Å². The van der Waals surface area contributed by atoms with Gasteiger partial charge in [-0.05, 0) is 47.2 Å². The molecule has 4 aromatic carbocycles. The Morgan fingerprint density at radius 1 is 0.613 bits per heavy atom. The Kier molecular flexibility index (Phi) is 7.15. The molecule has 154 valence electrons. The molecule has 0 saturated heterocycles. The van der Waals surface area contributed by atoms with E-state index in [1.54, 1.807) is 0 Å². The van der Waals surface area contributed by atoms with E-state index in [-0.39, 0.29) is 0 Å². The number of benzene rings is 4. The van der Waals surface area contributed by atoms with Crippen LogP contribution in [0.1, 0.15) is 22.3 Å². The van der Waals surface area contributed by atoms with Gasteiger partial charge in [-0.1, -0.05) is 97.1 Å². The number of aliphatic imine (C=N–C) groups is 1. The van der Waals surface area contributed by atoms with Crippen LogP contribution in [0.3, 0.4) is 0 Å². The molecule has 0 aliphatic rings. The molecule has 0 aliphatic carbocycles. The second kappa shape index (κ2) is 10.6. The normalized spacial score (nSPS) is 11.3. The van der Waals surface area contributed by atoms with Gasteiger partial charge in [-0.2, -0.15) is 0 Å². The topological polar surface area (TPSA) is 24.4 Å². The van der Waals surface area contributed by atoms with Crippen molar-refractivity contribution in [1.29, 1.82) is 0 Å². The van der Waals surface area contributed by atoms with Gasteiger partial charge in [0.15, 0.2) is 0 Å².